The second-order valence-corrected chi connectivity index (χ2v) is 7.31. The normalized spacial score (nSPS) is 13.5. The summed E-state index contributed by atoms with van der Waals surface area (Å²) in [4.78, 5) is 28.8. The van der Waals surface area contributed by atoms with E-state index in [0.29, 0.717) is 38.4 Å². The minimum atomic E-state index is -0.126. The average molecular weight is 407 g/mol. The van der Waals surface area contributed by atoms with Crippen LogP contribution >= 0.6 is 0 Å². The van der Waals surface area contributed by atoms with Crippen LogP contribution < -0.4 is 5.32 Å². The molecule has 0 bridgehead atoms. The first-order chi connectivity index (χ1) is 14.5. The molecule has 30 heavy (non-hydrogen) atoms. The van der Waals surface area contributed by atoms with E-state index in [4.69, 9.17) is 0 Å². The van der Waals surface area contributed by atoms with Gasteiger partial charge < -0.3 is 15.1 Å². The fourth-order valence-corrected chi connectivity index (χ4v) is 3.64. The smallest absolute Gasteiger partial charge is 0.317 e. The molecule has 1 aliphatic rings. The van der Waals surface area contributed by atoms with E-state index >= 15 is 0 Å². The van der Waals surface area contributed by atoms with Crippen LogP contribution in [0.15, 0.2) is 48.7 Å². The lowest BCUT2D eigenvalue weighted by Gasteiger charge is -2.25. The summed E-state index contributed by atoms with van der Waals surface area (Å²) < 4.78 is 3.43. The lowest BCUT2D eigenvalue weighted by Crippen LogP contribution is -2.40. The van der Waals surface area contributed by atoms with Gasteiger partial charge in [-0.2, -0.15) is 10.2 Å². The van der Waals surface area contributed by atoms with Crippen LogP contribution in [0.25, 0.3) is 5.69 Å². The number of hydrogen-bond donors (Lipinski definition) is 1. The van der Waals surface area contributed by atoms with Gasteiger partial charge in [-0.25, -0.2) is 9.48 Å². The summed E-state index contributed by atoms with van der Waals surface area (Å²) in [5, 5.41) is 11.5. The zero-order valence-corrected chi connectivity index (χ0v) is 17.2. The maximum atomic E-state index is 13.4. The van der Waals surface area contributed by atoms with Gasteiger partial charge in [-0.3, -0.25) is 9.48 Å². The SMILES string of the molecule is Cc1cc(C(=O)N(CCN2CCNC2=O)Cc2ccnn2-c2ccccc2)n(C)n1. The Hall–Kier alpha value is -3.62. The molecule has 0 radical (unpaired) electrons. The standard InChI is InChI=1S/C21H25N7O2/c1-16-14-19(25(2)24-16)20(29)27(13-12-26-11-10-22-21(26)30)15-18-8-9-23-28(18)17-6-4-3-5-7-17/h3-9,14H,10-13,15H2,1-2H3,(H,22,30). The highest BCUT2D eigenvalue weighted by Gasteiger charge is 2.25. The third-order valence-corrected chi connectivity index (χ3v) is 5.17. The molecule has 156 valence electrons. The first-order valence-electron chi connectivity index (χ1n) is 9.94. The van der Waals surface area contributed by atoms with E-state index in [-0.39, 0.29) is 11.9 Å². The zero-order valence-electron chi connectivity index (χ0n) is 17.2. The van der Waals surface area contributed by atoms with Crippen LogP contribution in [0.2, 0.25) is 0 Å². The predicted molar refractivity (Wildman–Crippen MR) is 111 cm³/mol. The molecule has 1 aromatic carbocycles. The van der Waals surface area contributed by atoms with E-state index in [1.165, 1.54) is 0 Å². The number of carbonyl (C=O) groups excluding carboxylic acids is 2. The Labute approximate surface area is 174 Å². The number of aryl methyl sites for hydroxylation is 2. The Morgan fingerprint density at radius 2 is 2.03 bits per heavy atom. The molecule has 0 unspecified atom stereocenters. The van der Waals surface area contributed by atoms with Crippen LogP contribution in [0.1, 0.15) is 21.9 Å². The Bertz CT molecular complexity index is 1040. The molecule has 1 aliphatic heterocycles. The van der Waals surface area contributed by atoms with Crippen molar-refractivity contribution >= 4 is 11.9 Å². The molecular weight excluding hydrogens is 382 g/mol. The molecule has 9 nitrogen and oxygen atoms in total. The third-order valence-electron chi connectivity index (χ3n) is 5.17. The second kappa shape index (κ2) is 8.40. The summed E-state index contributed by atoms with van der Waals surface area (Å²) in [6.07, 6.45) is 1.73. The number of carbonyl (C=O) groups is 2. The maximum absolute atomic E-state index is 13.4. The Morgan fingerprint density at radius 1 is 1.23 bits per heavy atom. The van der Waals surface area contributed by atoms with Gasteiger partial charge in [0, 0.05) is 39.4 Å². The van der Waals surface area contributed by atoms with Crippen molar-refractivity contribution in [2.24, 2.45) is 7.05 Å². The predicted octanol–water partition coefficient (Wildman–Crippen LogP) is 1.58. The van der Waals surface area contributed by atoms with Gasteiger partial charge in [-0.15, -0.1) is 0 Å². The first-order valence-corrected chi connectivity index (χ1v) is 9.94. The van der Waals surface area contributed by atoms with Crippen LogP contribution in [-0.2, 0) is 13.6 Å². The van der Waals surface area contributed by atoms with E-state index in [1.54, 1.807) is 33.8 Å². The molecule has 0 atom stereocenters. The van der Waals surface area contributed by atoms with Crippen molar-refractivity contribution in [3.8, 4) is 5.69 Å². The van der Waals surface area contributed by atoms with Crippen molar-refractivity contribution in [2.45, 2.75) is 13.5 Å². The van der Waals surface area contributed by atoms with E-state index in [2.05, 4.69) is 15.5 Å². The molecule has 0 aliphatic carbocycles. The second-order valence-electron chi connectivity index (χ2n) is 7.31. The highest BCUT2D eigenvalue weighted by molar-refractivity contribution is 5.92. The van der Waals surface area contributed by atoms with Gasteiger partial charge >= 0.3 is 6.03 Å². The van der Waals surface area contributed by atoms with E-state index < -0.39 is 0 Å². The molecule has 3 aromatic rings. The molecule has 0 saturated carbocycles. The third kappa shape index (κ3) is 4.05. The number of aromatic nitrogens is 4. The van der Waals surface area contributed by atoms with Gasteiger partial charge in [0.2, 0.25) is 0 Å². The van der Waals surface area contributed by atoms with Crippen LogP contribution in [0.4, 0.5) is 4.79 Å². The van der Waals surface area contributed by atoms with Gasteiger partial charge in [-0.1, -0.05) is 18.2 Å². The molecule has 2 aromatic heterocycles. The average Bonchev–Trinajstić information content (AvgIpc) is 3.45. The van der Waals surface area contributed by atoms with Crippen molar-refractivity contribution < 1.29 is 9.59 Å². The van der Waals surface area contributed by atoms with Gasteiger partial charge in [0.25, 0.3) is 5.91 Å². The van der Waals surface area contributed by atoms with Crippen molar-refractivity contribution in [1.82, 2.24) is 34.7 Å². The first kappa shape index (κ1) is 19.7. The summed E-state index contributed by atoms with van der Waals surface area (Å²) in [6.45, 7) is 4.39. The number of urea groups is 1. The molecule has 1 fully saturated rings. The van der Waals surface area contributed by atoms with Crippen LogP contribution in [0, 0.1) is 6.92 Å². The monoisotopic (exact) mass is 407 g/mol. The molecule has 1 N–H and O–H groups in total. The summed E-state index contributed by atoms with van der Waals surface area (Å²) in [5.41, 5.74) is 3.12. The number of para-hydroxylation sites is 1. The fourth-order valence-electron chi connectivity index (χ4n) is 3.64. The van der Waals surface area contributed by atoms with Gasteiger partial charge in [0.1, 0.15) is 5.69 Å². The molecule has 9 heteroatoms. The minimum Gasteiger partial charge on any atom is -0.336 e. The summed E-state index contributed by atoms with van der Waals surface area (Å²) >= 11 is 0. The number of benzene rings is 1. The van der Waals surface area contributed by atoms with Crippen molar-refractivity contribution in [3.05, 3.63) is 65.7 Å². The number of hydrogen-bond acceptors (Lipinski definition) is 4. The Balaban J connectivity index is 1.59. The molecule has 3 heterocycles. The molecule has 0 spiro atoms. The van der Waals surface area contributed by atoms with Crippen molar-refractivity contribution in [1.29, 1.82) is 0 Å². The number of rotatable bonds is 7. The molecular formula is C21H25N7O2. The van der Waals surface area contributed by atoms with Crippen molar-refractivity contribution in [3.63, 3.8) is 0 Å². The highest BCUT2D eigenvalue weighted by atomic mass is 16.2. The van der Waals surface area contributed by atoms with E-state index in [0.717, 1.165) is 17.1 Å². The number of nitrogens with one attached hydrogen (secondary N) is 1. The lowest BCUT2D eigenvalue weighted by molar-refractivity contribution is 0.0716. The molecule has 4 rings (SSSR count). The van der Waals surface area contributed by atoms with Gasteiger partial charge in [0.15, 0.2) is 0 Å². The van der Waals surface area contributed by atoms with Gasteiger partial charge in [0.05, 0.1) is 23.6 Å². The number of nitrogens with zero attached hydrogens (tertiary/aromatic N) is 6. The maximum Gasteiger partial charge on any atom is 0.317 e. The fraction of sp³-hybridized carbons (Fsp3) is 0.333. The van der Waals surface area contributed by atoms with Crippen molar-refractivity contribution in [2.75, 3.05) is 26.2 Å². The van der Waals surface area contributed by atoms with Crippen LogP contribution in [0.3, 0.4) is 0 Å². The molecule has 1 saturated heterocycles. The largest absolute Gasteiger partial charge is 0.336 e. The molecule has 3 amide bonds. The number of amides is 3. The van der Waals surface area contributed by atoms with Crippen LogP contribution in [-0.4, -0.2) is 67.5 Å². The summed E-state index contributed by atoms with van der Waals surface area (Å²) in [7, 11) is 1.76. The quantitative estimate of drug-likeness (QED) is 0.644. The Morgan fingerprint density at radius 3 is 2.70 bits per heavy atom. The van der Waals surface area contributed by atoms with Crippen LogP contribution in [0.5, 0.6) is 0 Å². The Kier molecular flexibility index (Phi) is 5.51. The zero-order chi connectivity index (χ0) is 21.1. The minimum absolute atomic E-state index is 0.0897. The lowest BCUT2D eigenvalue weighted by atomic mass is 10.2. The van der Waals surface area contributed by atoms with Gasteiger partial charge in [-0.05, 0) is 31.2 Å². The summed E-state index contributed by atoms with van der Waals surface area (Å²) in [5.74, 6) is -0.126. The summed E-state index contributed by atoms with van der Waals surface area (Å²) in [6, 6.07) is 13.4. The van der Waals surface area contributed by atoms with E-state index in [1.807, 2.05) is 48.0 Å². The highest BCUT2D eigenvalue weighted by Crippen LogP contribution is 2.15. The van der Waals surface area contributed by atoms with E-state index in [9.17, 15) is 9.59 Å². The topological polar surface area (TPSA) is 88.3 Å².